The van der Waals surface area contributed by atoms with Crippen molar-refractivity contribution >= 4 is 0 Å². The van der Waals surface area contributed by atoms with Crippen LogP contribution in [0.3, 0.4) is 0 Å². The predicted octanol–water partition coefficient (Wildman–Crippen LogP) is -1.84. The molecule has 1 atom stereocenters. The zero-order chi connectivity index (χ0) is 9.40. The number of aliphatic hydroxyl groups is 3. The molecule has 5 heteroatoms. The number of hydrogen-bond donors (Lipinski definition) is 4. The van der Waals surface area contributed by atoms with Gasteiger partial charge < -0.3 is 15.3 Å². The Labute approximate surface area is 72.6 Å². The van der Waals surface area contributed by atoms with Gasteiger partial charge >= 0.3 is 0 Å². The smallest absolute Gasteiger partial charge is 0.0653 e. The van der Waals surface area contributed by atoms with Crippen molar-refractivity contribution in [3.63, 3.8) is 0 Å². The molecule has 0 bridgehead atoms. The highest BCUT2D eigenvalue weighted by Crippen LogP contribution is 1.86. The normalized spacial score (nSPS) is 13.8. The second kappa shape index (κ2) is 7.45. The lowest BCUT2D eigenvalue weighted by molar-refractivity contribution is 0.0713. The van der Waals surface area contributed by atoms with Crippen LogP contribution in [0.4, 0.5) is 0 Å². The minimum absolute atomic E-state index is 0.0329. The molecule has 1 unspecified atom stereocenters. The van der Waals surface area contributed by atoms with E-state index in [1.54, 1.807) is 11.9 Å². The molecule has 0 saturated carbocycles. The highest BCUT2D eigenvalue weighted by Gasteiger charge is 2.05. The van der Waals surface area contributed by atoms with Crippen LogP contribution in [-0.2, 0) is 0 Å². The Morgan fingerprint density at radius 2 is 2.00 bits per heavy atom. The summed E-state index contributed by atoms with van der Waals surface area (Å²) in [5, 5.41) is 27.8. The maximum atomic E-state index is 9.02. The van der Waals surface area contributed by atoms with Gasteiger partial charge in [-0.1, -0.05) is 0 Å². The average Bonchev–Trinajstić information content (AvgIpc) is 2.00. The molecule has 0 rings (SSSR count). The molecule has 0 radical (unpaired) electrons. The number of hydrazine groups is 1. The summed E-state index contributed by atoms with van der Waals surface area (Å²) < 4.78 is 0. The van der Waals surface area contributed by atoms with Gasteiger partial charge in [0, 0.05) is 19.6 Å². The molecule has 0 heterocycles. The Morgan fingerprint density at radius 3 is 2.42 bits per heavy atom. The lowest BCUT2D eigenvalue weighted by Gasteiger charge is -2.23. The van der Waals surface area contributed by atoms with Crippen LogP contribution in [0.25, 0.3) is 0 Å². The van der Waals surface area contributed by atoms with Crippen molar-refractivity contribution in [3.8, 4) is 0 Å². The van der Waals surface area contributed by atoms with Gasteiger partial charge in [-0.25, -0.2) is 5.01 Å². The van der Waals surface area contributed by atoms with Gasteiger partial charge in [0.15, 0.2) is 0 Å². The molecule has 5 nitrogen and oxygen atoms in total. The summed E-state index contributed by atoms with van der Waals surface area (Å²) in [6.45, 7) is 3.08. The minimum atomic E-state index is -0.442. The number of hydrogen-bond acceptors (Lipinski definition) is 5. The molecule has 0 fully saturated rings. The highest BCUT2D eigenvalue weighted by molar-refractivity contribution is 4.56. The van der Waals surface area contributed by atoms with Crippen molar-refractivity contribution in [2.45, 2.75) is 13.0 Å². The van der Waals surface area contributed by atoms with Crippen molar-refractivity contribution in [1.82, 2.24) is 10.4 Å². The van der Waals surface area contributed by atoms with E-state index in [9.17, 15) is 0 Å². The van der Waals surface area contributed by atoms with Gasteiger partial charge in [-0.05, 0) is 6.92 Å². The van der Waals surface area contributed by atoms with Crippen LogP contribution in [0.15, 0.2) is 0 Å². The van der Waals surface area contributed by atoms with E-state index >= 15 is 0 Å². The topological polar surface area (TPSA) is 76.0 Å². The summed E-state index contributed by atoms with van der Waals surface area (Å²) >= 11 is 0. The van der Waals surface area contributed by atoms with Crippen LogP contribution in [0.5, 0.6) is 0 Å². The Balaban J connectivity index is 3.54. The molecule has 0 saturated heterocycles. The zero-order valence-electron chi connectivity index (χ0n) is 7.40. The van der Waals surface area contributed by atoms with E-state index in [1.165, 1.54) is 0 Å². The van der Waals surface area contributed by atoms with E-state index in [-0.39, 0.29) is 13.2 Å². The monoisotopic (exact) mass is 178 g/mol. The number of nitrogens with one attached hydrogen (secondary N) is 1. The lowest BCUT2D eigenvalue weighted by Crippen LogP contribution is -2.44. The maximum absolute atomic E-state index is 9.02. The largest absolute Gasteiger partial charge is 0.395 e. The first-order chi connectivity index (χ1) is 5.70. The Morgan fingerprint density at radius 1 is 1.33 bits per heavy atom. The molecule has 74 valence electrons. The molecule has 0 aromatic rings. The Hall–Kier alpha value is -0.200. The molecule has 0 amide bonds. The van der Waals surface area contributed by atoms with E-state index in [4.69, 9.17) is 15.3 Å². The molecule has 0 aliphatic rings. The van der Waals surface area contributed by atoms with Gasteiger partial charge in [0.2, 0.25) is 0 Å². The molecule has 0 aliphatic carbocycles. The van der Waals surface area contributed by atoms with Crippen LogP contribution in [0.2, 0.25) is 0 Å². The molecule has 12 heavy (non-hydrogen) atoms. The first kappa shape index (κ1) is 11.8. The number of nitrogens with zero attached hydrogens (tertiary/aromatic N) is 1. The molecule has 0 aromatic heterocycles. The average molecular weight is 178 g/mol. The van der Waals surface area contributed by atoms with E-state index in [1.807, 2.05) is 0 Å². The fourth-order valence-corrected chi connectivity index (χ4v) is 0.883. The second-order valence-corrected chi connectivity index (χ2v) is 2.65. The third-order valence-electron chi connectivity index (χ3n) is 1.30. The third kappa shape index (κ3) is 6.51. The van der Waals surface area contributed by atoms with Crippen LogP contribution >= 0.6 is 0 Å². The second-order valence-electron chi connectivity index (χ2n) is 2.65. The predicted molar refractivity (Wildman–Crippen MR) is 45.4 cm³/mol. The standard InChI is InChI=1S/C7H18N2O3/c1-7(12)6-9(3-5-11)8-2-4-10/h7-8,10-12H,2-6H2,1H3. The van der Waals surface area contributed by atoms with Crippen LogP contribution in [-0.4, -0.2) is 59.3 Å². The number of rotatable bonds is 7. The summed E-state index contributed by atoms with van der Waals surface area (Å²) in [4.78, 5) is 0. The SMILES string of the molecule is CC(O)CN(CCO)NCCO. The van der Waals surface area contributed by atoms with Crippen LogP contribution < -0.4 is 5.43 Å². The summed E-state index contributed by atoms with van der Waals surface area (Å²) in [5.41, 5.74) is 2.86. The van der Waals surface area contributed by atoms with Crippen molar-refractivity contribution < 1.29 is 15.3 Å². The maximum Gasteiger partial charge on any atom is 0.0653 e. The lowest BCUT2D eigenvalue weighted by atomic mass is 10.4. The first-order valence-electron chi connectivity index (χ1n) is 4.09. The van der Waals surface area contributed by atoms with Gasteiger partial charge in [-0.2, -0.15) is 0 Å². The zero-order valence-corrected chi connectivity index (χ0v) is 7.40. The van der Waals surface area contributed by atoms with Crippen LogP contribution in [0.1, 0.15) is 6.92 Å². The number of aliphatic hydroxyl groups excluding tert-OH is 3. The van der Waals surface area contributed by atoms with E-state index in [0.29, 0.717) is 19.6 Å². The van der Waals surface area contributed by atoms with Crippen molar-refractivity contribution in [3.05, 3.63) is 0 Å². The fourth-order valence-electron chi connectivity index (χ4n) is 0.883. The van der Waals surface area contributed by atoms with Gasteiger partial charge in [0.25, 0.3) is 0 Å². The van der Waals surface area contributed by atoms with E-state index in [0.717, 1.165) is 0 Å². The van der Waals surface area contributed by atoms with Gasteiger partial charge in [-0.3, -0.25) is 5.43 Å². The minimum Gasteiger partial charge on any atom is -0.395 e. The summed E-state index contributed by atoms with van der Waals surface area (Å²) in [6, 6.07) is 0. The van der Waals surface area contributed by atoms with Crippen molar-refractivity contribution in [2.75, 3.05) is 32.8 Å². The highest BCUT2D eigenvalue weighted by atomic mass is 16.3. The van der Waals surface area contributed by atoms with E-state index < -0.39 is 6.10 Å². The van der Waals surface area contributed by atoms with Gasteiger partial charge in [-0.15, -0.1) is 0 Å². The summed E-state index contributed by atoms with van der Waals surface area (Å²) in [5.74, 6) is 0. The van der Waals surface area contributed by atoms with Gasteiger partial charge in [0.05, 0.1) is 19.3 Å². The Kier molecular flexibility index (Phi) is 7.33. The van der Waals surface area contributed by atoms with Gasteiger partial charge in [0.1, 0.15) is 0 Å². The third-order valence-corrected chi connectivity index (χ3v) is 1.30. The molecule has 0 aliphatic heterocycles. The summed E-state index contributed by atoms with van der Waals surface area (Å²) in [7, 11) is 0. The fraction of sp³-hybridized carbons (Fsp3) is 1.00. The summed E-state index contributed by atoms with van der Waals surface area (Å²) in [6.07, 6.45) is -0.442. The van der Waals surface area contributed by atoms with Crippen molar-refractivity contribution in [2.24, 2.45) is 0 Å². The quantitative estimate of drug-likeness (QED) is 0.345. The molecule has 0 aromatic carbocycles. The van der Waals surface area contributed by atoms with Crippen molar-refractivity contribution in [1.29, 1.82) is 0 Å². The molecular weight excluding hydrogens is 160 g/mol. The Bertz CT molecular complexity index is 101. The molecule has 4 N–H and O–H groups in total. The van der Waals surface area contributed by atoms with E-state index in [2.05, 4.69) is 5.43 Å². The molecule has 0 spiro atoms. The molecular formula is C7H18N2O3. The van der Waals surface area contributed by atoms with Crippen LogP contribution in [0, 0.1) is 0 Å². The first-order valence-corrected chi connectivity index (χ1v) is 4.09.